The molecule has 26 heavy (non-hydrogen) atoms. The van der Waals surface area contributed by atoms with Gasteiger partial charge in [0, 0.05) is 18.0 Å². The molecule has 6 heteroatoms. The van der Waals surface area contributed by atoms with Crippen LogP contribution in [0.25, 0.3) is 11.0 Å². The monoisotopic (exact) mass is 346 g/mol. The molecule has 1 atom stereocenters. The summed E-state index contributed by atoms with van der Waals surface area (Å²) in [6.45, 7) is 0. The molecule has 130 valence electrons. The van der Waals surface area contributed by atoms with E-state index in [0.29, 0.717) is 18.7 Å². The van der Waals surface area contributed by atoms with Gasteiger partial charge < -0.3 is 10.6 Å². The highest BCUT2D eigenvalue weighted by atomic mass is 16.2. The van der Waals surface area contributed by atoms with Gasteiger partial charge in [-0.15, -0.1) is 0 Å². The summed E-state index contributed by atoms with van der Waals surface area (Å²) in [4.78, 5) is 33.1. The minimum Gasteiger partial charge on any atom is -0.326 e. The van der Waals surface area contributed by atoms with Gasteiger partial charge in [0.15, 0.2) is 5.82 Å². The smallest absolute Gasteiger partial charge is 0.227 e. The fourth-order valence-electron chi connectivity index (χ4n) is 3.17. The zero-order valence-electron chi connectivity index (χ0n) is 14.1. The molecule has 1 aromatic heterocycles. The molecule has 0 bridgehead atoms. The van der Waals surface area contributed by atoms with Gasteiger partial charge in [-0.05, 0) is 36.6 Å². The third kappa shape index (κ3) is 3.39. The van der Waals surface area contributed by atoms with Crippen LogP contribution in [0.4, 0.5) is 11.5 Å². The molecule has 0 radical (unpaired) electrons. The normalized spacial score (nSPS) is 16.0. The Morgan fingerprint density at radius 3 is 2.77 bits per heavy atom. The summed E-state index contributed by atoms with van der Waals surface area (Å²) in [7, 11) is 0. The molecule has 0 saturated heterocycles. The van der Waals surface area contributed by atoms with E-state index in [0.717, 1.165) is 22.3 Å². The summed E-state index contributed by atoms with van der Waals surface area (Å²) in [5.74, 6) is 0.0358. The van der Waals surface area contributed by atoms with Gasteiger partial charge in [0.25, 0.3) is 0 Å². The molecule has 0 spiro atoms. The van der Waals surface area contributed by atoms with Gasteiger partial charge in [-0.25, -0.2) is 4.98 Å². The average Bonchev–Trinajstić information content (AvgIpc) is 2.66. The van der Waals surface area contributed by atoms with E-state index < -0.39 is 0 Å². The lowest BCUT2D eigenvalue weighted by Crippen LogP contribution is -2.30. The van der Waals surface area contributed by atoms with E-state index in [1.165, 1.54) is 0 Å². The van der Waals surface area contributed by atoms with Crippen molar-refractivity contribution in [1.82, 2.24) is 9.97 Å². The molecule has 2 aromatic carbocycles. The number of hydrogen-bond donors (Lipinski definition) is 2. The number of benzene rings is 2. The van der Waals surface area contributed by atoms with Gasteiger partial charge in [0.1, 0.15) is 0 Å². The first-order chi connectivity index (χ1) is 12.7. The van der Waals surface area contributed by atoms with E-state index in [-0.39, 0.29) is 24.2 Å². The second kappa shape index (κ2) is 6.92. The molecule has 2 amide bonds. The van der Waals surface area contributed by atoms with E-state index in [4.69, 9.17) is 0 Å². The van der Waals surface area contributed by atoms with Crippen molar-refractivity contribution in [2.24, 2.45) is 5.92 Å². The van der Waals surface area contributed by atoms with Gasteiger partial charge in [0.05, 0.1) is 17.2 Å². The van der Waals surface area contributed by atoms with Crippen LogP contribution in [0.15, 0.2) is 54.7 Å². The lowest BCUT2D eigenvalue weighted by atomic mass is 9.89. The number of nitrogens with zero attached hydrogens (tertiary/aromatic N) is 2. The number of anilines is 2. The summed E-state index contributed by atoms with van der Waals surface area (Å²) >= 11 is 0. The Kier molecular flexibility index (Phi) is 4.31. The maximum absolute atomic E-state index is 12.2. The Labute approximate surface area is 150 Å². The van der Waals surface area contributed by atoms with E-state index in [2.05, 4.69) is 20.6 Å². The summed E-state index contributed by atoms with van der Waals surface area (Å²) in [5, 5.41) is 5.67. The number of hydrogen-bond acceptors (Lipinski definition) is 4. The molecule has 0 saturated carbocycles. The summed E-state index contributed by atoms with van der Waals surface area (Å²) in [5.41, 5.74) is 3.49. The van der Waals surface area contributed by atoms with Crippen molar-refractivity contribution < 1.29 is 9.59 Å². The van der Waals surface area contributed by atoms with Gasteiger partial charge in [-0.2, -0.15) is 0 Å². The molecule has 1 aliphatic rings. The summed E-state index contributed by atoms with van der Waals surface area (Å²) in [6.07, 6.45) is 2.95. The van der Waals surface area contributed by atoms with Gasteiger partial charge in [-0.3, -0.25) is 14.6 Å². The first-order valence-electron chi connectivity index (χ1n) is 8.59. The molecule has 4 rings (SSSR count). The molecule has 2 N–H and O–H groups in total. The number of rotatable bonds is 4. The third-order valence-electron chi connectivity index (χ3n) is 4.55. The van der Waals surface area contributed by atoms with Gasteiger partial charge in [0.2, 0.25) is 11.8 Å². The van der Waals surface area contributed by atoms with Crippen LogP contribution in [0.3, 0.4) is 0 Å². The zero-order chi connectivity index (χ0) is 17.9. The van der Waals surface area contributed by atoms with Crippen LogP contribution < -0.4 is 10.6 Å². The lowest BCUT2D eigenvalue weighted by molar-refractivity contribution is -0.121. The Bertz CT molecular complexity index is 986. The molecule has 1 aliphatic heterocycles. The highest BCUT2D eigenvalue weighted by molar-refractivity contribution is 5.96. The number of aromatic nitrogens is 2. The lowest BCUT2D eigenvalue weighted by Gasteiger charge is -2.24. The van der Waals surface area contributed by atoms with E-state index in [1.54, 1.807) is 6.20 Å². The number of carbonyl (C=O) groups excluding carboxylic acids is 2. The van der Waals surface area contributed by atoms with Crippen LogP contribution >= 0.6 is 0 Å². The molecule has 0 fully saturated rings. The predicted molar refractivity (Wildman–Crippen MR) is 99.7 cm³/mol. The second-order valence-electron chi connectivity index (χ2n) is 6.38. The summed E-state index contributed by atoms with van der Waals surface area (Å²) in [6, 6.07) is 15.2. The summed E-state index contributed by atoms with van der Waals surface area (Å²) < 4.78 is 0. The molecule has 0 unspecified atom stereocenters. The largest absolute Gasteiger partial charge is 0.326 e. The topological polar surface area (TPSA) is 84.0 Å². The number of para-hydroxylation sites is 3. The Morgan fingerprint density at radius 2 is 1.88 bits per heavy atom. The van der Waals surface area contributed by atoms with Crippen molar-refractivity contribution in [1.29, 1.82) is 0 Å². The minimum atomic E-state index is -0.196. The zero-order valence-corrected chi connectivity index (χ0v) is 14.1. The highest BCUT2D eigenvalue weighted by Gasteiger charge is 2.26. The van der Waals surface area contributed by atoms with Crippen LogP contribution in [-0.4, -0.2) is 21.8 Å². The standard InChI is InChI=1S/C20H18N4O2/c25-19(24-18-12-21-16-7-3-4-8-17(16)22-18)10-9-14-11-13-5-1-2-6-15(13)23-20(14)26/h1-8,12,14H,9-11H2,(H,23,26)(H,22,24,25)/t14-/m0/s1. The Morgan fingerprint density at radius 1 is 1.12 bits per heavy atom. The fraction of sp³-hybridized carbons (Fsp3) is 0.200. The van der Waals surface area contributed by atoms with E-state index in [1.807, 2.05) is 48.5 Å². The molecule has 6 nitrogen and oxygen atoms in total. The molecular weight excluding hydrogens is 328 g/mol. The van der Waals surface area contributed by atoms with Crippen LogP contribution in [0, 0.1) is 5.92 Å². The predicted octanol–water partition coefficient (Wildman–Crippen LogP) is 3.16. The second-order valence-corrected chi connectivity index (χ2v) is 6.38. The molecule has 3 aromatic rings. The average molecular weight is 346 g/mol. The third-order valence-corrected chi connectivity index (χ3v) is 4.55. The van der Waals surface area contributed by atoms with Crippen LogP contribution in [0.5, 0.6) is 0 Å². The van der Waals surface area contributed by atoms with Crippen molar-refractivity contribution in [3.05, 3.63) is 60.3 Å². The maximum Gasteiger partial charge on any atom is 0.227 e. The number of amides is 2. The van der Waals surface area contributed by atoms with Gasteiger partial charge in [-0.1, -0.05) is 30.3 Å². The number of carbonyl (C=O) groups is 2. The van der Waals surface area contributed by atoms with Crippen LogP contribution in [-0.2, 0) is 16.0 Å². The Balaban J connectivity index is 1.37. The maximum atomic E-state index is 12.2. The first-order valence-corrected chi connectivity index (χ1v) is 8.59. The minimum absolute atomic E-state index is 0.0259. The number of fused-ring (bicyclic) bond motifs is 2. The number of nitrogens with one attached hydrogen (secondary N) is 2. The van der Waals surface area contributed by atoms with Crippen molar-refractivity contribution >= 4 is 34.4 Å². The van der Waals surface area contributed by atoms with Crippen molar-refractivity contribution in [3.63, 3.8) is 0 Å². The van der Waals surface area contributed by atoms with Crippen molar-refractivity contribution in [2.75, 3.05) is 10.6 Å². The molecule has 2 heterocycles. The van der Waals surface area contributed by atoms with E-state index in [9.17, 15) is 9.59 Å². The molecule has 0 aliphatic carbocycles. The Hall–Kier alpha value is -3.28. The van der Waals surface area contributed by atoms with Crippen LogP contribution in [0.1, 0.15) is 18.4 Å². The van der Waals surface area contributed by atoms with Crippen molar-refractivity contribution in [2.45, 2.75) is 19.3 Å². The SMILES string of the molecule is O=C(CC[C@H]1Cc2ccccc2NC1=O)Nc1cnc2ccccc2n1. The van der Waals surface area contributed by atoms with Crippen LogP contribution in [0.2, 0.25) is 0 Å². The first kappa shape index (κ1) is 16.2. The highest BCUT2D eigenvalue weighted by Crippen LogP contribution is 2.27. The fourth-order valence-corrected chi connectivity index (χ4v) is 3.17. The quantitative estimate of drug-likeness (QED) is 0.760. The van der Waals surface area contributed by atoms with Gasteiger partial charge >= 0.3 is 0 Å². The molecular formula is C20H18N4O2. The van der Waals surface area contributed by atoms with Crippen molar-refractivity contribution in [3.8, 4) is 0 Å². The van der Waals surface area contributed by atoms with E-state index >= 15 is 0 Å².